The fourth-order valence-electron chi connectivity index (χ4n) is 12.9. The van der Waals surface area contributed by atoms with E-state index in [0.717, 1.165) is 44.5 Å². The third-order valence-electron chi connectivity index (χ3n) is 17.5. The summed E-state index contributed by atoms with van der Waals surface area (Å²) in [4.78, 5) is 3.54. The Morgan fingerprint density at radius 3 is 1.04 bits per heavy atom. The maximum absolute atomic E-state index is 11.0. The van der Waals surface area contributed by atoms with Gasteiger partial charge in [-0.2, -0.15) is 0 Å². The van der Waals surface area contributed by atoms with Crippen LogP contribution in [-0.2, 0) is 119 Å². The number of ether oxygens (including phenoxy) is 14. The molecule has 1 aliphatic carbocycles. The normalized spacial score (nSPS) is 27.9. The van der Waals surface area contributed by atoms with Gasteiger partial charge in [0.1, 0.15) is 79.3 Å². The molecular weight excluding hydrogens is 1200 g/mol. The predicted octanol–water partition coefficient (Wildman–Crippen LogP) is 14.1. The van der Waals surface area contributed by atoms with E-state index in [-0.39, 0.29) is 59.5 Å². The molecular formula is C78H85N3O14. The molecule has 17 nitrogen and oxygen atoms in total. The van der Waals surface area contributed by atoms with E-state index in [1.807, 2.05) is 257 Å². The van der Waals surface area contributed by atoms with Crippen LogP contribution in [0.3, 0.4) is 0 Å². The van der Waals surface area contributed by atoms with E-state index < -0.39 is 104 Å². The van der Waals surface area contributed by atoms with E-state index in [0.29, 0.717) is 6.42 Å². The molecule has 8 aromatic carbocycles. The molecule has 4 fully saturated rings. The summed E-state index contributed by atoms with van der Waals surface area (Å²) in [6.07, 6.45) is -13.4. The summed E-state index contributed by atoms with van der Waals surface area (Å²) in [6.45, 7) is 7.31. The first kappa shape index (κ1) is 67.5. The molecule has 12 rings (SSSR count). The maximum atomic E-state index is 11.0. The van der Waals surface area contributed by atoms with Crippen LogP contribution >= 0.6 is 0 Å². The maximum Gasteiger partial charge on any atom is 0.187 e. The van der Waals surface area contributed by atoms with Crippen molar-refractivity contribution >= 4 is 0 Å². The smallest absolute Gasteiger partial charge is 0.187 e. The summed E-state index contributed by atoms with van der Waals surface area (Å²) < 4.78 is 100. The lowest BCUT2D eigenvalue weighted by Crippen LogP contribution is -2.68. The van der Waals surface area contributed by atoms with Crippen LogP contribution in [0.25, 0.3) is 10.4 Å². The Labute approximate surface area is 556 Å². The van der Waals surface area contributed by atoms with Gasteiger partial charge in [-0.05, 0) is 70.3 Å². The molecule has 496 valence electrons. The van der Waals surface area contributed by atoms with E-state index in [4.69, 9.17) is 66.3 Å². The summed E-state index contributed by atoms with van der Waals surface area (Å²) in [5, 5.41) is 4.60. The Hall–Kier alpha value is -7.49. The highest BCUT2D eigenvalue weighted by Gasteiger charge is 2.63. The molecule has 3 aliphatic heterocycles. The van der Waals surface area contributed by atoms with Crippen LogP contribution in [0.5, 0.6) is 0 Å². The molecule has 0 N–H and O–H groups in total. The van der Waals surface area contributed by atoms with Gasteiger partial charge in [0.25, 0.3) is 0 Å². The van der Waals surface area contributed by atoms with E-state index in [1.165, 1.54) is 0 Å². The van der Waals surface area contributed by atoms with Gasteiger partial charge in [0.15, 0.2) is 18.4 Å². The first-order valence-corrected chi connectivity index (χ1v) is 33.0. The van der Waals surface area contributed by atoms with Crippen molar-refractivity contribution in [1.82, 2.24) is 0 Å². The van der Waals surface area contributed by atoms with Crippen molar-refractivity contribution in [2.24, 2.45) is 5.11 Å². The molecule has 16 atom stereocenters. The number of fused-ring (bicyclic) bond motifs is 1. The minimum atomic E-state index is -1.38. The number of benzene rings is 8. The zero-order chi connectivity index (χ0) is 65.0. The molecule has 0 bridgehead atoms. The largest absolute Gasteiger partial charge is 0.374 e. The zero-order valence-corrected chi connectivity index (χ0v) is 54.0. The SMILES string of the molecule is CCC1OC(OC2C(COCc3ccccc3)OC(OC3C(OCc4ccccc4)C(OCc4ccccc4)C(OCc4ccccc4)C4OC(C)(C)OC34)C(N=[N+]=[N-])C2OCc2ccccc2)C(OCc2ccccc2)C(OCc2ccccc2)C1OCc1ccccc1. The van der Waals surface area contributed by atoms with Crippen LogP contribution in [0.2, 0.25) is 0 Å². The lowest BCUT2D eigenvalue weighted by atomic mass is 9.83. The van der Waals surface area contributed by atoms with Crippen molar-refractivity contribution in [3.05, 3.63) is 298 Å². The molecule has 0 aromatic heterocycles. The van der Waals surface area contributed by atoms with Gasteiger partial charge in [-0.25, -0.2) is 0 Å². The van der Waals surface area contributed by atoms with Crippen LogP contribution in [-0.4, -0.2) is 110 Å². The van der Waals surface area contributed by atoms with E-state index in [2.05, 4.69) is 16.9 Å². The predicted molar refractivity (Wildman–Crippen MR) is 355 cm³/mol. The highest BCUT2D eigenvalue weighted by atomic mass is 16.8. The number of azide groups is 1. The second kappa shape index (κ2) is 33.9. The zero-order valence-electron chi connectivity index (χ0n) is 54.0. The molecule has 0 radical (unpaired) electrons. The van der Waals surface area contributed by atoms with E-state index in [1.54, 1.807) is 0 Å². The topological polar surface area (TPSA) is 178 Å². The summed E-state index contributed by atoms with van der Waals surface area (Å²) in [5.74, 6) is -1.14. The van der Waals surface area contributed by atoms with Crippen LogP contribution < -0.4 is 0 Å². The molecule has 3 heterocycles. The van der Waals surface area contributed by atoms with Crippen molar-refractivity contribution < 1.29 is 66.3 Å². The van der Waals surface area contributed by atoms with Crippen molar-refractivity contribution in [3.63, 3.8) is 0 Å². The monoisotopic (exact) mass is 1290 g/mol. The van der Waals surface area contributed by atoms with Gasteiger partial charge in [-0.1, -0.05) is 255 Å². The highest BCUT2D eigenvalue weighted by molar-refractivity contribution is 5.21. The summed E-state index contributed by atoms with van der Waals surface area (Å²) in [5.41, 5.74) is 18.4. The second-order valence-electron chi connectivity index (χ2n) is 24.8. The number of rotatable bonds is 31. The summed E-state index contributed by atoms with van der Waals surface area (Å²) in [7, 11) is 0. The molecule has 0 spiro atoms. The van der Waals surface area contributed by atoms with Gasteiger partial charge >= 0.3 is 0 Å². The van der Waals surface area contributed by atoms with Gasteiger partial charge in [0.05, 0.1) is 65.6 Å². The Bertz CT molecular complexity index is 3550. The number of hydrogen-bond donors (Lipinski definition) is 0. The minimum Gasteiger partial charge on any atom is -0.374 e. The van der Waals surface area contributed by atoms with E-state index >= 15 is 0 Å². The highest BCUT2D eigenvalue weighted by Crippen LogP contribution is 2.45. The Morgan fingerprint density at radius 2 is 0.653 bits per heavy atom. The van der Waals surface area contributed by atoms with Crippen LogP contribution in [0.1, 0.15) is 71.7 Å². The average Bonchev–Trinajstić information content (AvgIpc) is 1.73. The number of nitrogens with zero attached hydrogens (tertiary/aromatic N) is 3. The van der Waals surface area contributed by atoms with Crippen molar-refractivity contribution in [1.29, 1.82) is 0 Å². The minimum absolute atomic E-state index is 0.0562. The van der Waals surface area contributed by atoms with Gasteiger partial charge in [0.2, 0.25) is 0 Å². The summed E-state index contributed by atoms with van der Waals surface area (Å²) in [6, 6.07) is 78.3. The molecule has 8 aromatic rings. The Kier molecular flexibility index (Phi) is 24.1. The fraction of sp³-hybridized carbons (Fsp3) is 0.385. The number of hydrogen-bond acceptors (Lipinski definition) is 15. The second-order valence-corrected chi connectivity index (χ2v) is 24.8. The molecule has 1 saturated carbocycles. The Morgan fingerprint density at radius 1 is 0.347 bits per heavy atom. The average molecular weight is 1290 g/mol. The quantitative estimate of drug-likeness (QED) is 0.0228. The van der Waals surface area contributed by atoms with Gasteiger partial charge in [-0.15, -0.1) is 0 Å². The first-order valence-electron chi connectivity index (χ1n) is 33.0. The van der Waals surface area contributed by atoms with Crippen LogP contribution in [0.15, 0.2) is 248 Å². The van der Waals surface area contributed by atoms with Crippen molar-refractivity contribution in [2.75, 3.05) is 6.61 Å². The molecule has 16 unspecified atom stereocenters. The lowest BCUT2D eigenvalue weighted by molar-refractivity contribution is -0.369. The molecule has 3 saturated heterocycles. The van der Waals surface area contributed by atoms with Crippen molar-refractivity contribution in [3.8, 4) is 0 Å². The molecule has 95 heavy (non-hydrogen) atoms. The summed E-state index contributed by atoms with van der Waals surface area (Å²) >= 11 is 0. The standard InChI is InChI=1S/C78H85N3O14/c1-4-62-65(83-46-55-31-15-6-16-32-55)68(85-48-57-35-19-8-20-36-57)75(89-52-61-43-27-12-28-44-61)77(90-62)92-66-63(53-82-45-54-29-13-5-14-30-54)91-76(64(80-81-79)67(66)84-47-56-33-17-7-18-34-56)93-72-70(87-50-59-39-23-10-24-40-59)69(86-49-58-37-21-9-22-38-58)71(73-74(72)95-78(2,3)94-73)88-51-60-41-25-11-26-42-60/h5-44,62-77H,4,45-53H2,1-3H3. The lowest BCUT2D eigenvalue weighted by Gasteiger charge is -2.51. The van der Waals surface area contributed by atoms with Gasteiger partial charge in [-0.3, -0.25) is 0 Å². The fourth-order valence-corrected chi connectivity index (χ4v) is 12.9. The first-order chi connectivity index (χ1) is 46.8. The van der Waals surface area contributed by atoms with Crippen LogP contribution in [0.4, 0.5) is 0 Å². The third-order valence-corrected chi connectivity index (χ3v) is 17.5. The van der Waals surface area contributed by atoms with Crippen molar-refractivity contribution in [2.45, 2.75) is 184 Å². The molecule has 17 heteroatoms. The third kappa shape index (κ3) is 18.1. The van der Waals surface area contributed by atoms with Gasteiger partial charge < -0.3 is 66.3 Å². The van der Waals surface area contributed by atoms with Crippen LogP contribution in [0, 0.1) is 0 Å². The van der Waals surface area contributed by atoms with Gasteiger partial charge in [0, 0.05) is 4.91 Å². The Balaban J connectivity index is 0.950. The molecule has 4 aliphatic rings. The van der Waals surface area contributed by atoms with E-state index in [9.17, 15) is 5.53 Å². The molecule has 0 amide bonds.